The van der Waals surface area contributed by atoms with Crippen molar-refractivity contribution in [1.82, 2.24) is 0 Å². The first-order chi connectivity index (χ1) is 9.30. The molecule has 2 heterocycles. The second-order valence-electron chi connectivity index (χ2n) is 9.12. The van der Waals surface area contributed by atoms with Crippen LogP contribution in [0.4, 0.5) is 0 Å². The molecule has 0 aromatic rings. The molecule has 0 aromatic carbocycles. The Morgan fingerprint density at radius 3 is 2.40 bits per heavy atom. The Bertz CT molecular complexity index is 431. The van der Waals surface area contributed by atoms with Crippen LogP contribution in [-0.2, 0) is 9.47 Å². The summed E-state index contributed by atoms with van der Waals surface area (Å²) >= 11 is 0. The molecule has 2 saturated heterocycles. The highest BCUT2D eigenvalue weighted by molar-refractivity contribution is 5.13. The second kappa shape index (κ2) is 3.81. The van der Waals surface area contributed by atoms with Crippen LogP contribution in [0.25, 0.3) is 0 Å². The van der Waals surface area contributed by atoms with Crippen molar-refractivity contribution >= 4 is 0 Å². The number of ether oxygens (including phenoxy) is 2. The first-order valence-corrected chi connectivity index (χ1v) is 8.64. The fourth-order valence-corrected chi connectivity index (χ4v) is 6.65. The highest BCUT2D eigenvalue weighted by Crippen LogP contribution is 2.67. The lowest BCUT2D eigenvalue weighted by Gasteiger charge is -2.63. The summed E-state index contributed by atoms with van der Waals surface area (Å²) < 4.78 is 12.6. The average Bonchev–Trinajstić information content (AvgIpc) is 2.58. The molecule has 2 nitrogen and oxygen atoms in total. The molecule has 4 fully saturated rings. The number of hydrogen-bond donors (Lipinski definition) is 0. The molecule has 2 heteroatoms. The number of fused-ring (bicyclic) bond motifs is 3. The van der Waals surface area contributed by atoms with Gasteiger partial charge in [0.05, 0.1) is 12.2 Å². The van der Waals surface area contributed by atoms with Gasteiger partial charge < -0.3 is 9.47 Å². The zero-order chi connectivity index (χ0) is 14.2. The van der Waals surface area contributed by atoms with Crippen molar-refractivity contribution in [2.24, 2.45) is 22.7 Å². The summed E-state index contributed by atoms with van der Waals surface area (Å²) in [4.78, 5) is 0. The van der Waals surface area contributed by atoms with Gasteiger partial charge in [0.1, 0.15) is 0 Å². The first-order valence-electron chi connectivity index (χ1n) is 8.64. The van der Waals surface area contributed by atoms with Crippen LogP contribution in [0.2, 0.25) is 0 Å². The van der Waals surface area contributed by atoms with E-state index >= 15 is 0 Å². The molecule has 114 valence electrons. The van der Waals surface area contributed by atoms with E-state index in [9.17, 15) is 0 Å². The molecule has 2 aliphatic heterocycles. The van der Waals surface area contributed by atoms with Crippen molar-refractivity contribution in [2.75, 3.05) is 6.61 Å². The summed E-state index contributed by atoms with van der Waals surface area (Å²) in [6, 6.07) is 0. The third-order valence-electron chi connectivity index (χ3n) is 7.49. The normalized spacial score (nSPS) is 57.0. The Balaban J connectivity index is 1.73. The molecule has 1 spiro atoms. The lowest BCUT2D eigenvalue weighted by molar-refractivity contribution is -0.260. The van der Waals surface area contributed by atoms with Crippen molar-refractivity contribution in [2.45, 2.75) is 84.0 Å². The quantitative estimate of drug-likeness (QED) is 0.648. The van der Waals surface area contributed by atoms with Crippen LogP contribution in [0.5, 0.6) is 0 Å². The van der Waals surface area contributed by atoms with Crippen LogP contribution in [0.3, 0.4) is 0 Å². The predicted octanol–water partition coefficient (Wildman–Crippen LogP) is 4.52. The van der Waals surface area contributed by atoms with Gasteiger partial charge in [-0.2, -0.15) is 0 Å². The molecular formula is C18H30O2. The van der Waals surface area contributed by atoms with Gasteiger partial charge in [-0.25, -0.2) is 0 Å². The lowest BCUT2D eigenvalue weighted by atomic mass is 9.44. The predicted molar refractivity (Wildman–Crippen MR) is 79.4 cm³/mol. The lowest BCUT2D eigenvalue weighted by Crippen LogP contribution is -2.61. The molecule has 4 aliphatic rings. The molecule has 4 rings (SSSR count). The highest BCUT2D eigenvalue weighted by Gasteiger charge is 2.66. The molecule has 5 atom stereocenters. The number of hydrogen-bond acceptors (Lipinski definition) is 2. The van der Waals surface area contributed by atoms with Crippen LogP contribution in [0.1, 0.15) is 72.6 Å². The van der Waals surface area contributed by atoms with Gasteiger partial charge in [0.25, 0.3) is 0 Å². The van der Waals surface area contributed by atoms with Crippen molar-refractivity contribution in [1.29, 1.82) is 0 Å². The summed E-state index contributed by atoms with van der Waals surface area (Å²) in [7, 11) is 0. The zero-order valence-corrected chi connectivity index (χ0v) is 13.6. The van der Waals surface area contributed by atoms with Crippen molar-refractivity contribution in [3.8, 4) is 0 Å². The fraction of sp³-hybridized carbons (Fsp3) is 1.00. The van der Waals surface area contributed by atoms with E-state index < -0.39 is 0 Å². The molecule has 0 radical (unpaired) electrons. The van der Waals surface area contributed by atoms with Gasteiger partial charge in [-0.1, -0.05) is 27.2 Å². The summed E-state index contributed by atoms with van der Waals surface area (Å²) in [6.45, 7) is 10.6. The van der Waals surface area contributed by atoms with E-state index in [0.29, 0.717) is 16.7 Å². The molecule has 2 aliphatic carbocycles. The Hall–Kier alpha value is -0.0800. The van der Waals surface area contributed by atoms with E-state index in [2.05, 4.69) is 27.7 Å². The fourth-order valence-electron chi connectivity index (χ4n) is 6.65. The zero-order valence-electron chi connectivity index (χ0n) is 13.6. The van der Waals surface area contributed by atoms with E-state index in [-0.39, 0.29) is 11.4 Å². The minimum atomic E-state index is -0.274. The van der Waals surface area contributed by atoms with Crippen LogP contribution >= 0.6 is 0 Å². The Kier molecular flexibility index (Phi) is 2.59. The summed E-state index contributed by atoms with van der Waals surface area (Å²) in [5.41, 5.74) is 1.02. The van der Waals surface area contributed by atoms with E-state index in [4.69, 9.17) is 9.47 Å². The van der Waals surface area contributed by atoms with Crippen molar-refractivity contribution in [3.05, 3.63) is 0 Å². The molecule has 2 saturated carbocycles. The van der Waals surface area contributed by atoms with Gasteiger partial charge in [-0.05, 0) is 61.7 Å². The molecule has 0 N–H and O–H groups in total. The third-order valence-corrected chi connectivity index (χ3v) is 7.49. The Morgan fingerprint density at radius 2 is 1.60 bits per heavy atom. The topological polar surface area (TPSA) is 18.5 Å². The smallest absolute Gasteiger partial charge is 0.166 e. The highest BCUT2D eigenvalue weighted by atomic mass is 16.8. The molecule has 20 heavy (non-hydrogen) atoms. The average molecular weight is 278 g/mol. The SMILES string of the molecule is CC1(C)CCC[C@@]2(C)[C@H]1CC[C@@]13CO[C@](C)(CC[C@@H]12)O3. The van der Waals surface area contributed by atoms with Crippen LogP contribution < -0.4 is 0 Å². The van der Waals surface area contributed by atoms with Gasteiger partial charge in [0.15, 0.2) is 5.79 Å². The minimum absolute atomic E-state index is 0.0473. The number of rotatable bonds is 0. The van der Waals surface area contributed by atoms with E-state index in [1.165, 1.54) is 38.5 Å². The monoisotopic (exact) mass is 278 g/mol. The minimum Gasteiger partial charge on any atom is -0.347 e. The largest absolute Gasteiger partial charge is 0.347 e. The first kappa shape index (κ1) is 13.6. The van der Waals surface area contributed by atoms with Gasteiger partial charge in [0, 0.05) is 6.42 Å². The van der Waals surface area contributed by atoms with Gasteiger partial charge in [-0.3, -0.25) is 0 Å². The standard InChI is InChI=1S/C18H30O2/c1-15(2)8-5-9-16(3)13(15)7-11-18-12-19-17(4,20-18)10-6-14(16)18/h13-14H,5-12H2,1-4H3/t13-,14+,16-,17-,18+/m0/s1. The van der Waals surface area contributed by atoms with Gasteiger partial charge in [-0.15, -0.1) is 0 Å². The van der Waals surface area contributed by atoms with Crippen LogP contribution in [0.15, 0.2) is 0 Å². The molecule has 0 aromatic heterocycles. The summed E-state index contributed by atoms with van der Waals surface area (Å²) in [6.07, 6.45) is 9.14. The Morgan fingerprint density at radius 1 is 0.850 bits per heavy atom. The van der Waals surface area contributed by atoms with Gasteiger partial charge in [0.2, 0.25) is 0 Å². The Labute approximate surface area is 123 Å². The summed E-state index contributed by atoms with van der Waals surface area (Å²) in [5.74, 6) is 1.31. The van der Waals surface area contributed by atoms with Crippen LogP contribution in [-0.4, -0.2) is 18.0 Å². The van der Waals surface area contributed by atoms with E-state index in [1.54, 1.807) is 0 Å². The molecule has 2 bridgehead atoms. The maximum atomic E-state index is 6.54. The van der Waals surface area contributed by atoms with E-state index in [0.717, 1.165) is 18.9 Å². The maximum absolute atomic E-state index is 6.54. The van der Waals surface area contributed by atoms with Gasteiger partial charge >= 0.3 is 0 Å². The van der Waals surface area contributed by atoms with Crippen molar-refractivity contribution in [3.63, 3.8) is 0 Å². The summed E-state index contributed by atoms with van der Waals surface area (Å²) in [5, 5.41) is 0. The third kappa shape index (κ3) is 1.58. The van der Waals surface area contributed by atoms with E-state index in [1.807, 2.05) is 0 Å². The maximum Gasteiger partial charge on any atom is 0.166 e. The van der Waals surface area contributed by atoms with Crippen molar-refractivity contribution < 1.29 is 9.47 Å². The van der Waals surface area contributed by atoms with Crippen LogP contribution in [0, 0.1) is 22.7 Å². The molecule has 0 unspecified atom stereocenters. The second-order valence-corrected chi connectivity index (χ2v) is 9.12. The molecule has 0 amide bonds. The molecular weight excluding hydrogens is 248 g/mol.